The van der Waals surface area contributed by atoms with Gasteiger partial charge < -0.3 is 39.3 Å². The Morgan fingerprint density at radius 2 is 1.75 bits per heavy atom. The molecule has 0 aliphatic carbocycles. The third-order valence-corrected chi connectivity index (χ3v) is 7.40. The van der Waals surface area contributed by atoms with E-state index in [1.165, 1.54) is 17.8 Å². The molecule has 16 heteroatoms. The Kier molecular flexibility index (Phi) is 11.0. The van der Waals surface area contributed by atoms with Gasteiger partial charge in [0.05, 0.1) is 26.1 Å². The molecule has 0 spiro atoms. The van der Waals surface area contributed by atoms with Crippen LogP contribution >= 0.6 is 0 Å². The Morgan fingerprint density at radius 1 is 1.10 bits per heavy atom. The lowest BCUT2D eigenvalue weighted by Gasteiger charge is -2.34. The summed E-state index contributed by atoms with van der Waals surface area (Å²) in [5, 5.41) is 10.2. The number of anilines is 1. The van der Waals surface area contributed by atoms with Gasteiger partial charge in [0.25, 0.3) is 5.60 Å². The molecule has 3 aromatic rings. The van der Waals surface area contributed by atoms with Crippen molar-refractivity contribution in [1.82, 2.24) is 19.5 Å². The number of benzene rings is 1. The number of aliphatic hydroxyl groups is 1. The van der Waals surface area contributed by atoms with Crippen LogP contribution in [-0.4, -0.2) is 91.7 Å². The van der Waals surface area contributed by atoms with E-state index in [1.54, 1.807) is 44.2 Å². The van der Waals surface area contributed by atoms with Crippen molar-refractivity contribution >= 4 is 40.9 Å². The molecule has 1 aliphatic rings. The van der Waals surface area contributed by atoms with Crippen molar-refractivity contribution in [2.24, 2.45) is 0 Å². The minimum Gasteiger partial charge on any atom is -0.463 e. The summed E-state index contributed by atoms with van der Waals surface area (Å²) in [6, 6.07) is 8.54. The second-order valence-electron chi connectivity index (χ2n) is 10.8. The fourth-order valence-electron chi connectivity index (χ4n) is 5.32. The number of imidazole rings is 1. The minimum atomic E-state index is -2.36. The first kappa shape index (κ1) is 35.7. The van der Waals surface area contributed by atoms with E-state index in [1.807, 2.05) is 0 Å². The molecule has 1 fully saturated rings. The molecule has 3 N–H and O–H groups in total. The molecule has 0 unspecified atom stereocenters. The predicted molar refractivity (Wildman–Crippen MR) is 165 cm³/mol. The summed E-state index contributed by atoms with van der Waals surface area (Å²) in [5.41, 5.74) is 2.25. The molecule has 5 atom stereocenters. The van der Waals surface area contributed by atoms with Gasteiger partial charge in [-0.1, -0.05) is 36.3 Å². The Hall–Kier alpha value is -5.11. The van der Waals surface area contributed by atoms with Crippen molar-refractivity contribution in [2.75, 3.05) is 25.6 Å². The van der Waals surface area contributed by atoms with Gasteiger partial charge in [-0.05, 0) is 26.3 Å². The van der Waals surface area contributed by atoms with Gasteiger partial charge in [0.15, 0.2) is 23.5 Å². The maximum absolute atomic E-state index is 13.6. The highest BCUT2D eigenvalue weighted by molar-refractivity contribution is 6.04. The van der Waals surface area contributed by atoms with Crippen LogP contribution in [0.4, 0.5) is 5.82 Å². The summed E-state index contributed by atoms with van der Waals surface area (Å²) >= 11 is 0. The number of fused-ring (bicyclic) bond motifs is 1. The van der Waals surface area contributed by atoms with E-state index < -0.39 is 66.2 Å². The van der Waals surface area contributed by atoms with Crippen molar-refractivity contribution < 1.29 is 52.7 Å². The Labute approximate surface area is 275 Å². The van der Waals surface area contributed by atoms with Crippen molar-refractivity contribution in [1.29, 1.82) is 0 Å². The van der Waals surface area contributed by atoms with Gasteiger partial charge in [0, 0.05) is 20.3 Å². The van der Waals surface area contributed by atoms with E-state index >= 15 is 0 Å². The molecule has 0 amide bonds. The number of nitrogens with zero attached hydrogens (tertiary/aromatic N) is 4. The summed E-state index contributed by atoms with van der Waals surface area (Å²) in [6.07, 6.45) is 1.41. The quantitative estimate of drug-likeness (QED) is 0.114. The summed E-state index contributed by atoms with van der Waals surface area (Å²) in [7, 11) is 0. The smallest absolute Gasteiger partial charge is 0.350 e. The molecule has 1 aromatic carbocycles. The number of carbonyl (C=O) groups is 4. The topological polar surface area (TPSA) is 214 Å². The monoisotopic (exact) mass is 667 g/mol. The van der Waals surface area contributed by atoms with Gasteiger partial charge in [0.1, 0.15) is 17.7 Å². The maximum Gasteiger partial charge on any atom is 0.350 e. The molecule has 0 bridgehead atoms. The van der Waals surface area contributed by atoms with Crippen LogP contribution in [0.25, 0.3) is 11.2 Å². The number of esters is 4. The number of carbonyl (C=O) groups excluding carboxylic acids is 4. The molecular weight excluding hydrogens is 630 g/mol. The summed E-state index contributed by atoms with van der Waals surface area (Å²) in [5.74, 6) is -1.48. The number of aromatic nitrogens is 4. The highest BCUT2D eigenvalue weighted by Crippen LogP contribution is 2.44. The van der Waals surface area contributed by atoms with Gasteiger partial charge in [-0.25, -0.2) is 24.5 Å². The number of nitrogen functional groups attached to an aromatic ring is 1. The fraction of sp³-hybridized carbons (Fsp3) is 0.469. The van der Waals surface area contributed by atoms with Gasteiger partial charge in [0.2, 0.25) is 11.7 Å². The molecule has 48 heavy (non-hydrogen) atoms. The minimum absolute atomic E-state index is 0.0403. The highest BCUT2D eigenvalue weighted by atomic mass is 16.7. The van der Waals surface area contributed by atoms with E-state index in [-0.39, 0.29) is 42.4 Å². The number of aliphatic hydroxyl groups excluding tert-OH is 1. The number of nitrogens with two attached hydrogens (primary N) is 1. The molecule has 4 rings (SSSR count). The van der Waals surface area contributed by atoms with E-state index in [4.69, 9.17) is 40.6 Å². The molecule has 256 valence electrons. The van der Waals surface area contributed by atoms with Crippen molar-refractivity contribution in [2.45, 2.75) is 76.8 Å². The van der Waals surface area contributed by atoms with E-state index in [2.05, 4.69) is 20.9 Å². The average Bonchev–Trinajstić information content (AvgIpc) is 3.58. The second kappa shape index (κ2) is 14.8. The summed E-state index contributed by atoms with van der Waals surface area (Å²) < 4.78 is 35.7. The zero-order valence-corrected chi connectivity index (χ0v) is 27.1. The van der Waals surface area contributed by atoms with Crippen LogP contribution in [0.2, 0.25) is 0 Å². The predicted octanol–water partition coefficient (Wildman–Crippen LogP) is 1.35. The van der Waals surface area contributed by atoms with Crippen LogP contribution in [0.15, 0.2) is 36.7 Å². The van der Waals surface area contributed by atoms with Crippen molar-refractivity contribution in [3.63, 3.8) is 0 Å². The molecule has 0 saturated carbocycles. The number of hydrogen-bond donors (Lipinski definition) is 2. The first-order chi connectivity index (χ1) is 22.8. The number of hydrogen-bond acceptors (Lipinski definition) is 15. The van der Waals surface area contributed by atoms with Crippen LogP contribution < -0.4 is 5.73 Å². The van der Waals surface area contributed by atoms with E-state index in [0.717, 1.165) is 13.8 Å². The zero-order chi connectivity index (χ0) is 35.2. The zero-order valence-electron chi connectivity index (χ0n) is 27.1. The van der Waals surface area contributed by atoms with Gasteiger partial charge in [-0.15, -0.1) is 6.42 Å². The number of terminal acetylenes is 1. The lowest BCUT2D eigenvalue weighted by Crippen LogP contribution is -2.57. The number of ether oxygens (including phenoxy) is 6. The average molecular weight is 668 g/mol. The van der Waals surface area contributed by atoms with Gasteiger partial charge >= 0.3 is 23.9 Å². The lowest BCUT2D eigenvalue weighted by atomic mass is 9.91. The van der Waals surface area contributed by atoms with Gasteiger partial charge in [-0.2, -0.15) is 0 Å². The van der Waals surface area contributed by atoms with Crippen molar-refractivity contribution in [3.8, 4) is 12.3 Å². The van der Waals surface area contributed by atoms with Crippen LogP contribution in [0.3, 0.4) is 0 Å². The molecular formula is C32H37N5O11. The van der Waals surface area contributed by atoms with Crippen LogP contribution in [0.1, 0.15) is 58.3 Å². The highest BCUT2D eigenvalue weighted by Gasteiger charge is 2.63. The standard InChI is InChI=1S/C32H37N5O11/c1-7-31(48-20(6)40)22(16-45-32(29(41)43-8-2,30(42)44-9-3)15-21-13-11-10-12-14-21)47-28(24(31)46-19(5)39)37-17-34-23-25(33)35-26(18(4)38)36-27(23)37/h1,10-14,17-18,22,24,28,38H,8-9,15-16H2,2-6H3,(H2,33,35,36)/t18-,22-,24+,28-,31-/m1/s1. The Morgan fingerprint density at radius 3 is 2.29 bits per heavy atom. The molecule has 1 aliphatic heterocycles. The molecule has 0 radical (unpaired) electrons. The summed E-state index contributed by atoms with van der Waals surface area (Å²) in [4.78, 5) is 64.9. The van der Waals surface area contributed by atoms with E-state index in [0.29, 0.717) is 5.56 Å². The third kappa shape index (κ3) is 6.93. The first-order valence-electron chi connectivity index (χ1n) is 15.0. The number of rotatable bonds is 13. The molecule has 1 saturated heterocycles. The molecule has 16 nitrogen and oxygen atoms in total. The largest absolute Gasteiger partial charge is 0.463 e. The summed E-state index contributed by atoms with van der Waals surface area (Å²) in [6.45, 7) is 5.88. The Bertz CT molecular complexity index is 1690. The SMILES string of the molecule is C#C[C@@]1(OC(C)=O)[C@@H](COC(Cc2ccccc2)(C(=O)OCC)C(=O)OCC)O[C@@H](n2cnc3c(N)nc([C@@H](C)O)nc32)[C@@H]1OC(C)=O. The van der Waals surface area contributed by atoms with E-state index in [9.17, 15) is 24.3 Å². The van der Waals surface area contributed by atoms with Gasteiger partial charge in [-0.3, -0.25) is 14.2 Å². The van der Waals surface area contributed by atoms with Crippen LogP contribution in [-0.2, 0) is 54.0 Å². The first-order valence-corrected chi connectivity index (χ1v) is 15.0. The van der Waals surface area contributed by atoms with Crippen molar-refractivity contribution in [3.05, 3.63) is 48.0 Å². The fourth-order valence-corrected chi connectivity index (χ4v) is 5.32. The van der Waals surface area contributed by atoms with Crippen LogP contribution in [0.5, 0.6) is 0 Å². The molecule has 2 aromatic heterocycles. The molecule has 3 heterocycles. The second-order valence-corrected chi connectivity index (χ2v) is 10.8. The lowest BCUT2D eigenvalue weighted by molar-refractivity contribution is -0.200. The normalized spacial score (nSPS) is 21.2. The van der Waals surface area contributed by atoms with Crippen LogP contribution in [0, 0.1) is 12.3 Å². The Balaban J connectivity index is 1.87. The maximum atomic E-state index is 13.6. The third-order valence-electron chi connectivity index (χ3n) is 7.40.